The predicted molar refractivity (Wildman–Crippen MR) is 125 cm³/mol. The van der Waals surface area contributed by atoms with E-state index in [0.717, 1.165) is 22.5 Å². The Morgan fingerprint density at radius 3 is 2.40 bits per heavy atom. The van der Waals surface area contributed by atoms with Gasteiger partial charge in [-0.3, -0.25) is 9.10 Å². The lowest BCUT2D eigenvalue weighted by molar-refractivity contribution is 0.0474. The van der Waals surface area contributed by atoms with Gasteiger partial charge in [-0.25, -0.2) is 17.6 Å². The van der Waals surface area contributed by atoms with Crippen LogP contribution in [0.1, 0.15) is 20.7 Å². The maximum absolute atomic E-state index is 13.2. The molecular weight excluding hydrogens is 501 g/mol. The zero-order valence-corrected chi connectivity index (χ0v) is 19.9. The summed E-state index contributed by atoms with van der Waals surface area (Å²) in [4.78, 5) is 24.9. The van der Waals surface area contributed by atoms with E-state index in [1.165, 1.54) is 43.4 Å². The highest BCUT2D eigenvalue weighted by Crippen LogP contribution is 2.31. The molecule has 1 aliphatic rings. The largest absolute Gasteiger partial charge is 0.486 e. The van der Waals surface area contributed by atoms with Gasteiger partial charge in [-0.15, -0.1) is 0 Å². The van der Waals surface area contributed by atoms with E-state index in [9.17, 15) is 22.4 Å². The Bertz CT molecular complexity index is 1390. The standard InChI is InChI=1S/C24H19ClFNO7S/c1-27(17-5-3-16(26)4-6-17)35(30,31)18-7-8-20(25)19(13-18)24(29)34-14-21(28)15-2-9-22-23(12-15)33-11-10-32-22/h2-9,12-13H,10-11,14H2,1H3. The van der Waals surface area contributed by atoms with Crippen molar-refractivity contribution < 1.29 is 36.6 Å². The molecule has 35 heavy (non-hydrogen) atoms. The molecule has 0 saturated carbocycles. The van der Waals surface area contributed by atoms with Gasteiger partial charge in [0.2, 0.25) is 0 Å². The fourth-order valence-corrected chi connectivity index (χ4v) is 4.70. The van der Waals surface area contributed by atoms with Crippen LogP contribution in [-0.2, 0) is 14.8 Å². The molecule has 0 unspecified atom stereocenters. The third-order valence-electron chi connectivity index (χ3n) is 5.20. The average Bonchev–Trinajstić information content (AvgIpc) is 2.87. The monoisotopic (exact) mass is 519 g/mol. The Hall–Kier alpha value is -3.63. The Morgan fingerprint density at radius 2 is 1.69 bits per heavy atom. The van der Waals surface area contributed by atoms with E-state index < -0.39 is 34.2 Å². The number of hydrogen-bond donors (Lipinski definition) is 0. The Labute approximate surface area is 205 Å². The highest BCUT2D eigenvalue weighted by molar-refractivity contribution is 7.92. The van der Waals surface area contributed by atoms with Crippen molar-refractivity contribution in [3.8, 4) is 11.5 Å². The molecular formula is C24H19ClFNO7S. The van der Waals surface area contributed by atoms with Crippen LogP contribution in [0.3, 0.4) is 0 Å². The van der Waals surface area contributed by atoms with Crippen molar-refractivity contribution in [3.63, 3.8) is 0 Å². The number of benzene rings is 3. The minimum Gasteiger partial charge on any atom is -0.486 e. The number of esters is 1. The van der Waals surface area contributed by atoms with Gasteiger partial charge >= 0.3 is 5.97 Å². The number of halogens is 2. The summed E-state index contributed by atoms with van der Waals surface area (Å²) in [6, 6.07) is 13.0. The fraction of sp³-hybridized carbons (Fsp3) is 0.167. The first kappa shape index (κ1) is 24.5. The summed E-state index contributed by atoms with van der Waals surface area (Å²) in [6.07, 6.45) is 0. The van der Waals surface area contributed by atoms with Crippen molar-refractivity contribution in [2.24, 2.45) is 0 Å². The summed E-state index contributed by atoms with van der Waals surface area (Å²) in [7, 11) is -2.82. The maximum atomic E-state index is 13.2. The third-order valence-corrected chi connectivity index (χ3v) is 7.32. The van der Waals surface area contributed by atoms with Gasteiger partial charge in [-0.2, -0.15) is 0 Å². The normalized spacial score (nSPS) is 12.7. The van der Waals surface area contributed by atoms with Crippen LogP contribution < -0.4 is 13.8 Å². The van der Waals surface area contributed by atoms with Gasteiger partial charge in [0.05, 0.1) is 21.2 Å². The van der Waals surface area contributed by atoms with Crippen LogP contribution in [-0.4, -0.2) is 47.0 Å². The van der Waals surface area contributed by atoms with E-state index in [1.807, 2.05) is 0 Å². The highest BCUT2D eigenvalue weighted by Gasteiger charge is 2.25. The summed E-state index contributed by atoms with van der Waals surface area (Å²) < 4.78 is 56.2. The van der Waals surface area contributed by atoms with Gasteiger partial charge in [0.1, 0.15) is 19.0 Å². The topological polar surface area (TPSA) is 99.2 Å². The first-order valence-electron chi connectivity index (χ1n) is 10.3. The molecule has 0 N–H and O–H groups in total. The zero-order chi connectivity index (χ0) is 25.2. The number of anilines is 1. The molecule has 0 bridgehead atoms. The molecule has 0 amide bonds. The predicted octanol–water partition coefficient (Wildman–Crippen LogP) is 4.12. The quantitative estimate of drug-likeness (QED) is 0.342. The lowest BCUT2D eigenvalue weighted by atomic mass is 10.1. The second-order valence-corrected chi connectivity index (χ2v) is 9.82. The van der Waals surface area contributed by atoms with Gasteiger partial charge < -0.3 is 14.2 Å². The van der Waals surface area contributed by atoms with E-state index in [-0.39, 0.29) is 26.7 Å². The SMILES string of the molecule is CN(c1ccc(F)cc1)S(=O)(=O)c1ccc(Cl)c(C(=O)OCC(=O)c2ccc3c(c2)OCCO3)c1. The number of nitrogens with zero attached hydrogens (tertiary/aromatic N) is 1. The van der Waals surface area contributed by atoms with Crippen molar-refractivity contribution in [3.05, 3.63) is 82.6 Å². The van der Waals surface area contributed by atoms with Gasteiger partial charge in [0, 0.05) is 12.6 Å². The molecule has 11 heteroatoms. The molecule has 1 heterocycles. The molecule has 0 fully saturated rings. The molecule has 182 valence electrons. The van der Waals surface area contributed by atoms with Crippen LogP contribution in [0.2, 0.25) is 5.02 Å². The van der Waals surface area contributed by atoms with Crippen LogP contribution in [0.15, 0.2) is 65.6 Å². The van der Waals surface area contributed by atoms with E-state index in [0.29, 0.717) is 24.7 Å². The Morgan fingerprint density at radius 1 is 1.00 bits per heavy atom. The van der Waals surface area contributed by atoms with Crippen molar-refractivity contribution in [2.45, 2.75) is 4.90 Å². The smallest absolute Gasteiger partial charge is 0.340 e. The van der Waals surface area contributed by atoms with Crippen LogP contribution >= 0.6 is 11.6 Å². The minimum absolute atomic E-state index is 0.0508. The minimum atomic E-state index is -4.11. The molecule has 1 aliphatic heterocycles. The number of sulfonamides is 1. The lowest BCUT2D eigenvalue weighted by Crippen LogP contribution is -2.27. The number of carbonyl (C=O) groups excluding carboxylic acids is 2. The summed E-state index contributed by atoms with van der Waals surface area (Å²) in [6.45, 7) is 0.169. The number of fused-ring (bicyclic) bond motifs is 1. The van der Waals surface area contributed by atoms with Gasteiger partial charge in [0.15, 0.2) is 23.9 Å². The van der Waals surface area contributed by atoms with Crippen LogP contribution in [0, 0.1) is 5.82 Å². The van der Waals surface area contributed by atoms with E-state index in [1.54, 1.807) is 6.07 Å². The molecule has 4 rings (SSSR count). The number of ketones is 1. The molecule has 3 aromatic rings. The number of hydrogen-bond acceptors (Lipinski definition) is 7. The van der Waals surface area contributed by atoms with Crippen molar-refractivity contribution in [1.29, 1.82) is 0 Å². The summed E-state index contributed by atoms with van der Waals surface area (Å²) >= 11 is 6.10. The van der Waals surface area contributed by atoms with Crippen LogP contribution in [0.25, 0.3) is 0 Å². The molecule has 0 radical (unpaired) electrons. The fourth-order valence-electron chi connectivity index (χ4n) is 3.28. The highest BCUT2D eigenvalue weighted by atomic mass is 35.5. The van der Waals surface area contributed by atoms with Crippen LogP contribution in [0.4, 0.5) is 10.1 Å². The van der Waals surface area contributed by atoms with Crippen molar-refractivity contribution in [2.75, 3.05) is 31.2 Å². The molecule has 0 aromatic heterocycles. The molecule has 0 spiro atoms. The van der Waals surface area contributed by atoms with Crippen LogP contribution in [0.5, 0.6) is 11.5 Å². The van der Waals surface area contributed by atoms with E-state index in [2.05, 4.69) is 0 Å². The summed E-state index contributed by atoms with van der Waals surface area (Å²) in [5.74, 6) is -1.05. The van der Waals surface area contributed by atoms with Gasteiger partial charge in [-0.1, -0.05) is 11.6 Å². The number of Topliss-reactive ketones (excluding diaryl/α,β-unsaturated/α-hetero) is 1. The molecule has 0 aliphatic carbocycles. The third kappa shape index (κ3) is 5.23. The zero-order valence-electron chi connectivity index (χ0n) is 18.4. The van der Waals surface area contributed by atoms with E-state index in [4.69, 9.17) is 25.8 Å². The Balaban J connectivity index is 1.49. The van der Waals surface area contributed by atoms with Gasteiger partial charge in [-0.05, 0) is 60.7 Å². The molecule has 0 saturated heterocycles. The van der Waals surface area contributed by atoms with Crippen molar-refractivity contribution >= 4 is 39.1 Å². The van der Waals surface area contributed by atoms with Gasteiger partial charge in [0.25, 0.3) is 10.0 Å². The Kier molecular flexibility index (Phi) is 6.95. The first-order valence-corrected chi connectivity index (χ1v) is 12.1. The number of ether oxygens (including phenoxy) is 3. The molecule has 3 aromatic carbocycles. The summed E-state index contributed by atoms with van der Waals surface area (Å²) in [5, 5.41) is -0.0508. The number of rotatable bonds is 7. The number of carbonyl (C=O) groups is 2. The average molecular weight is 520 g/mol. The second-order valence-electron chi connectivity index (χ2n) is 7.45. The molecule has 0 atom stereocenters. The molecule has 8 nitrogen and oxygen atoms in total. The van der Waals surface area contributed by atoms with Crippen molar-refractivity contribution in [1.82, 2.24) is 0 Å². The maximum Gasteiger partial charge on any atom is 0.340 e. The summed E-state index contributed by atoms with van der Waals surface area (Å²) in [5.41, 5.74) is 0.246. The first-order chi connectivity index (χ1) is 16.7. The lowest BCUT2D eigenvalue weighted by Gasteiger charge is -2.20. The van der Waals surface area contributed by atoms with E-state index >= 15 is 0 Å². The second kappa shape index (κ2) is 9.93.